The molecule has 0 fully saturated rings. The predicted octanol–water partition coefficient (Wildman–Crippen LogP) is 4.17. The molecule has 0 heterocycles. The van der Waals surface area contributed by atoms with E-state index in [-0.39, 0.29) is 0 Å². The average molecular weight is 269 g/mol. The summed E-state index contributed by atoms with van der Waals surface area (Å²) < 4.78 is 0. The summed E-state index contributed by atoms with van der Waals surface area (Å²) in [6.07, 6.45) is 0. The second-order valence-corrected chi connectivity index (χ2v) is 5.59. The van der Waals surface area contributed by atoms with Crippen molar-refractivity contribution in [2.75, 3.05) is 0 Å². The van der Waals surface area contributed by atoms with Crippen molar-refractivity contribution < 1.29 is 5.11 Å². The molecule has 0 aliphatic rings. The van der Waals surface area contributed by atoms with Gasteiger partial charge in [-0.1, -0.05) is 42.0 Å². The fourth-order valence-corrected chi connectivity index (χ4v) is 2.39. The highest BCUT2D eigenvalue weighted by Gasteiger charge is 2.07. The van der Waals surface area contributed by atoms with E-state index >= 15 is 0 Å². The van der Waals surface area contributed by atoms with Crippen LogP contribution in [0.4, 0.5) is 0 Å². The molecule has 0 bridgehead atoms. The molecule has 1 atom stereocenters. The maximum absolute atomic E-state index is 9.79. The number of aromatic hydroxyl groups is 1. The van der Waals surface area contributed by atoms with Crippen LogP contribution < -0.4 is 5.32 Å². The zero-order valence-electron chi connectivity index (χ0n) is 12.7. The summed E-state index contributed by atoms with van der Waals surface area (Å²) in [5.74, 6) is 0.403. The Bertz CT molecular complexity index is 564. The topological polar surface area (TPSA) is 32.3 Å². The third-order valence-corrected chi connectivity index (χ3v) is 3.74. The van der Waals surface area contributed by atoms with Gasteiger partial charge in [0.1, 0.15) is 5.75 Å². The molecule has 0 amide bonds. The predicted molar refractivity (Wildman–Crippen MR) is 84.0 cm³/mol. The van der Waals surface area contributed by atoms with E-state index in [4.69, 9.17) is 0 Å². The zero-order valence-corrected chi connectivity index (χ0v) is 12.7. The highest BCUT2D eigenvalue weighted by molar-refractivity contribution is 5.42. The minimum atomic E-state index is 0.310. The van der Waals surface area contributed by atoms with Gasteiger partial charge in [0, 0.05) is 12.6 Å². The van der Waals surface area contributed by atoms with E-state index in [1.54, 1.807) is 0 Å². The van der Waals surface area contributed by atoms with Crippen LogP contribution in [0, 0.1) is 20.8 Å². The smallest absolute Gasteiger partial charge is 0.121 e. The fraction of sp³-hybridized carbons (Fsp3) is 0.333. The van der Waals surface area contributed by atoms with Gasteiger partial charge in [0.15, 0.2) is 0 Å². The lowest BCUT2D eigenvalue weighted by Gasteiger charge is -2.15. The number of hydrogen-bond donors (Lipinski definition) is 2. The number of rotatable bonds is 4. The average Bonchev–Trinajstić information content (AvgIpc) is 2.42. The highest BCUT2D eigenvalue weighted by atomic mass is 16.3. The Balaban J connectivity index is 2.03. The standard InChI is InChI=1S/C18H23NO/c1-12-5-7-17(8-6-12)15(4)19-11-16-9-13(2)18(20)14(3)10-16/h5-10,15,19-20H,11H2,1-4H3/t15-/m0/s1. The van der Waals surface area contributed by atoms with Crippen LogP contribution in [0.25, 0.3) is 0 Å². The molecule has 2 heteroatoms. The summed E-state index contributed by atoms with van der Waals surface area (Å²) in [4.78, 5) is 0. The Morgan fingerprint density at radius 3 is 2.10 bits per heavy atom. The molecule has 0 unspecified atom stereocenters. The van der Waals surface area contributed by atoms with E-state index in [9.17, 15) is 5.11 Å². The van der Waals surface area contributed by atoms with Crippen LogP contribution in [-0.2, 0) is 6.54 Å². The largest absolute Gasteiger partial charge is 0.507 e. The first-order valence-electron chi connectivity index (χ1n) is 7.06. The van der Waals surface area contributed by atoms with Crippen molar-refractivity contribution in [2.45, 2.75) is 40.3 Å². The van der Waals surface area contributed by atoms with Gasteiger partial charge in [0.25, 0.3) is 0 Å². The van der Waals surface area contributed by atoms with E-state index in [0.717, 1.165) is 17.7 Å². The van der Waals surface area contributed by atoms with E-state index < -0.39 is 0 Å². The van der Waals surface area contributed by atoms with Crippen LogP contribution in [0.2, 0.25) is 0 Å². The van der Waals surface area contributed by atoms with E-state index in [0.29, 0.717) is 11.8 Å². The summed E-state index contributed by atoms with van der Waals surface area (Å²) in [5.41, 5.74) is 5.65. The van der Waals surface area contributed by atoms with Gasteiger partial charge >= 0.3 is 0 Å². The van der Waals surface area contributed by atoms with Gasteiger partial charge in [0.2, 0.25) is 0 Å². The lowest BCUT2D eigenvalue weighted by Crippen LogP contribution is -2.18. The van der Waals surface area contributed by atoms with E-state index in [2.05, 4.69) is 43.4 Å². The molecule has 0 saturated heterocycles. The summed E-state index contributed by atoms with van der Waals surface area (Å²) in [7, 11) is 0. The summed E-state index contributed by atoms with van der Waals surface area (Å²) >= 11 is 0. The molecule has 0 spiro atoms. The van der Waals surface area contributed by atoms with Crippen molar-refractivity contribution in [1.82, 2.24) is 5.32 Å². The zero-order chi connectivity index (χ0) is 14.7. The Labute approximate surface area is 121 Å². The SMILES string of the molecule is Cc1ccc([C@H](C)NCc2cc(C)c(O)c(C)c2)cc1. The van der Waals surface area contributed by atoms with Gasteiger partial charge in [-0.2, -0.15) is 0 Å². The van der Waals surface area contributed by atoms with Gasteiger partial charge in [-0.15, -0.1) is 0 Å². The fourth-order valence-electron chi connectivity index (χ4n) is 2.39. The lowest BCUT2D eigenvalue weighted by atomic mass is 10.0. The summed E-state index contributed by atoms with van der Waals surface area (Å²) in [6, 6.07) is 13.0. The van der Waals surface area contributed by atoms with E-state index in [1.165, 1.54) is 16.7 Å². The first kappa shape index (κ1) is 14.6. The number of nitrogens with one attached hydrogen (secondary N) is 1. The molecular formula is C18H23NO. The number of aryl methyl sites for hydroxylation is 3. The minimum absolute atomic E-state index is 0.310. The Hall–Kier alpha value is -1.80. The molecule has 2 aromatic rings. The quantitative estimate of drug-likeness (QED) is 0.873. The third kappa shape index (κ3) is 3.40. The third-order valence-electron chi connectivity index (χ3n) is 3.74. The van der Waals surface area contributed by atoms with Crippen LogP contribution in [0.5, 0.6) is 5.75 Å². The van der Waals surface area contributed by atoms with Gasteiger partial charge in [-0.25, -0.2) is 0 Å². The maximum Gasteiger partial charge on any atom is 0.121 e. The van der Waals surface area contributed by atoms with Crippen molar-refractivity contribution in [1.29, 1.82) is 0 Å². The van der Waals surface area contributed by atoms with Crippen molar-refractivity contribution in [3.8, 4) is 5.75 Å². The number of hydrogen-bond acceptors (Lipinski definition) is 2. The van der Waals surface area contributed by atoms with Gasteiger partial charge in [-0.05, 0) is 49.9 Å². The first-order chi connectivity index (χ1) is 9.47. The number of phenols is 1. The number of benzene rings is 2. The van der Waals surface area contributed by atoms with Crippen LogP contribution >= 0.6 is 0 Å². The molecule has 0 aromatic heterocycles. The summed E-state index contributed by atoms with van der Waals surface area (Å²) in [5, 5.41) is 13.3. The first-order valence-corrected chi connectivity index (χ1v) is 7.06. The lowest BCUT2D eigenvalue weighted by molar-refractivity contribution is 0.466. The normalized spacial score (nSPS) is 12.4. The summed E-state index contributed by atoms with van der Waals surface area (Å²) in [6.45, 7) is 8.95. The maximum atomic E-state index is 9.79. The Morgan fingerprint density at radius 1 is 1.00 bits per heavy atom. The molecular weight excluding hydrogens is 246 g/mol. The molecule has 2 rings (SSSR count). The molecule has 2 nitrogen and oxygen atoms in total. The van der Waals surface area contributed by atoms with Gasteiger partial charge in [0.05, 0.1) is 0 Å². The monoisotopic (exact) mass is 269 g/mol. The minimum Gasteiger partial charge on any atom is -0.507 e. The Kier molecular flexibility index (Phi) is 4.46. The highest BCUT2D eigenvalue weighted by Crippen LogP contribution is 2.23. The number of phenolic OH excluding ortho intramolecular Hbond substituents is 1. The van der Waals surface area contributed by atoms with Crippen LogP contribution in [0.1, 0.15) is 40.8 Å². The van der Waals surface area contributed by atoms with Gasteiger partial charge in [-0.3, -0.25) is 0 Å². The van der Waals surface area contributed by atoms with Crippen LogP contribution in [-0.4, -0.2) is 5.11 Å². The molecule has 106 valence electrons. The van der Waals surface area contributed by atoms with Crippen molar-refractivity contribution in [3.63, 3.8) is 0 Å². The van der Waals surface area contributed by atoms with E-state index in [1.807, 2.05) is 26.0 Å². The molecule has 0 saturated carbocycles. The van der Waals surface area contributed by atoms with Crippen LogP contribution in [0.15, 0.2) is 36.4 Å². The molecule has 0 radical (unpaired) electrons. The molecule has 0 aliphatic carbocycles. The second kappa shape index (κ2) is 6.10. The molecule has 2 N–H and O–H groups in total. The van der Waals surface area contributed by atoms with Crippen molar-refractivity contribution in [3.05, 3.63) is 64.2 Å². The van der Waals surface area contributed by atoms with Gasteiger partial charge < -0.3 is 10.4 Å². The molecule has 20 heavy (non-hydrogen) atoms. The van der Waals surface area contributed by atoms with Crippen molar-refractivity contribution in [2.24, 2.45) is 0 Å². The van der Waals surface area contributed by atoms with Crippen molar-refractivity contribution >= 4 is 0 Å². The van der Waals surface area contributed by atoms with Crippen LogP contribution in [0.3, 0.4) is 0 Å². The Morgan fingerprint density at radius 2 is 1.55 bits per heavy atom. The second-order valence-electron chi connectivity index (χ2n) is 5.59. The molecule has 2 aromatic carbocycles. The molecule has 0 aliphatic heterocycles.